The summed E-state index contributed by atoms with van der Waals surface area (Å²) in [6.45, 7) is 6.13. The van der Waals surface area contributed by atoms with Crippen molar-refractivity contribution >= 4 is 17.8 Å². The van der Waals surface area contributed by atoms with Crippen molar-refractivity contribution in [2.75, 3.05) is 19.6 Å². The zero-order valence-electron chi connectivity index (χ0n) is 11.7. The van der Waals surface area contributed by atoms with Gasteiger partial charge in [-0.05, 0) is 20.3 Å². The molecule has 6 nitrogen and oxygen atoms in total. The van der Waals surface area contributed by atoms with Crippen molar-refractivity contribution in [3.05, 3.63) is 11.6 Å². The maximum atomic E-state index is 11.9. The number of carbonyl (C=O) groups excluding carboxylic acids is 2. The van der Waals surface area contributed by atoms with Crippen LogP contribution in [0.1, 0.15) is 33.6 Å². The van der Waals surface area contributed by atoms with Gasteiger partial charge in [-0.15, -0.1) is 0 Å². The molecule has 0 aliphatic carbocycles. The number of allylic oxidation sites excluding steroid dienone is 1. The number of nitrogens with zero attached hydrogens (tertiary/aromatic N) is 1. The molecule has 0 rings (SSSR count). The molecular formula is C13H22N2O4. The lowest BCUT2D eigenvalue weighted by Gasteiger charge is -2.20. The Hall–Kier alpha value is -1.85. The van der Waals surface area contributed by atoms with Crippen LogP contribution in [-0.4, -0.2) is 47.4 Å². The number of carboxylic acid groups (broad SMARTS) is 1. The molecule has 0 bridgehead atoms. The van der Waals surface area contributed by atoms with E-state index in [1.54, 1.807) is 0 Å². The number of rotatable bonds is 8. The molecule has 2 N–H and O–H groups in total. The Labute approximate surface area is 113 Å². The highest BCUT2D eigenvalue weighted by atomic mass is 16.4. The fourth-order valence-electron chi connectivity index (χ4n) is 1.44. The smallest absolute Gasteiger partial charge is 0.305 e. The first-order chi connectivity index (χ1) is 8.82. The molecule has 0 saturated heterocycles. The summed E-state index contributed by atoms with van der Waals surface area (Å²) in [5.74, 6) is -1.24. The van der Waals surface area contributed by atoms with E-state index in [1.165, 1.54) is 17.9 Å². The fourth-order valence-corrected chi connectivity index (χ4v) is 1.44. The lowest BCUT2D eigenvalue weighted by Crippen LogP contribution is -2.34. The molecule has 108 valence electrons. The number of aliphatic carboxylic acids is 1. The number of carbonyl (C=O) groups is 3. The van der Waals surface area contributed by atoms with E-state index in [9.17, 15) is 14.4 Å². The van der Waals surface area contributed by atoms with Gasteiger partial charge in [0.05, 0.1) is 6.42 Å². The van der Waals surface area contributed by atoms with Crippen LogP contribution >= 0.6 is 0 Å². The van der Waals surface area contributed by atoms with Gasteiger partial charge in [0.2, 0.25) is 11.8 Å². The van der Waals surface area contributed by atoms with Gasteiger partial charge < -0.3 is 15.3 Å². The van der Waals surface area contributed by atoms with Gasteiger partial charge in [-0.25, -0.2) is 0 Å². The Bertz CT molecular complexity index is 360. The van der Waals surface area contributed by atoms with Gasteiger partial charge in [-0.3, -0.25) is 14.4 Å². The molecule has 6 heteroatoms. The van der Waals surface area contributed by atoms with Crippen LogP contribution in [0.2, 0.25) is 0 Å². The van der Waals surface area contributed by atoms with E-state index < -0.39 is 5.97 Å². The Balaban J connectivity index is 4.33. The van der Waals surface area contributed by atoms with Crippen molar-refractivity contribution in [1.82, 2.24) is 10.2 Å². The maximum absolute atomic E-state index is 11.9. The van der Waals surface area contributed by atoms with E-state index in [2.05, 4.69) is 5.32 Å². The first kappa shape index (κ1) is 17.2. The molecule has 0 aromatic carbocycles. The van der Waals surface area contributed by atoms with E-state index in [0.717, 1.165) is 5.57 Å². The third kappa shape index (κ3) is 9.82. The molecule has 0 aromatic rings. The maximum Gasteiger partial charge on any atom is 0.305 e. The highest BCUT2D eigenvalue weighted by Crippen LogP contribution is 2.00. The molecule has 2 amide bonds. The standard InChI is InChI=1S/C13H22N2O4/c1-10(2)9-12(17)15(8-5-13(18)19)7-4-6-14-11(3)16/h9H,4-8H2,1-3H3,(H,14,16)(H,18,19). The summed E-state index contributed by atoms with van der Waals surface area (Å²) in [5, 5.41) is 11.3. The number of nitrogens with one attached hydrogen (secondary N) is 1. The fraction of sp³-hybridized carbons (Fsp3) is 0.615. The van der Waals surface area contributed by atoms with Crippen molar-refractivity contribution in [1.29, 1.82) is 0 Å². The predicted molar refractivity (Wildman–Crippen MR) is 71.6 cm³/mol. The Morgan fingerprint density at radius 2 is 1.79 bits per heavy atom. The first-order valence-corrected chi connectivity index (χ1v) is 6.23. The molecule has 19 heavy (non-hydrogen) atoms. The number of hydrogen-bond acceptors (Lipinski definition) is 3. The predicted octanol–water partition coefficient (Wildman–Crippen LogP) is 0.782. The van der Waals surface area contributed by atoms with Crippen LogP contribution in [0, 0.1) is 0 Å². The van der Waals surface area contributed by atoms with Crippen LogP contribution in [0.25, 0.3) is 0 Å². The summed E-state index contributed by atoms with van der Waals surface area (Å²) in [5.41, 5.74) is 0.868. The summed E-state index contributed by atoms with van der Waals surface area (Å²) in [6, 6.07) is 0. The summed E-state index contributed by atoms with van der Waals surface area (Å²) in [7, 11) is 0. The summed E-state index contributed by atoms with van der Waals surface area (Å²) in [6.07, 6.45) is 2.00. The Kier molecular flexibility index (Phi) is 8.24. The summed E-state index contributed by atoms with van der Waals surface area (Å²) < 4.78 is 0. The van der Waals surface area contributed by atoms with Crippen LogP contribution < -0.4 is 5.32 Å². The number of carboxylic acids is 1. The van der Waals surface area contributed by atoms with Crippen LogP contribution in [0.5, 0.6) is 0 Å². The van der Waals surface area contributed by atoms with Gasteiger partial charge in [0.25, 0.3) is 0 Å². The minimum absolute atomic E-state index is 0.0809. The largest absolute Gasteiger partial charge is 0.481 e. The topological polar surface area (TPSA) is 86.7 Å². The van der Waals surface area contributed by atoms with Crippen LogP contribution in [-0.2, 0) is 14.4 Å². The first-order valence-electron chi connectivity index (χ1n) is 6.23. The highest BCUT2D eigenvalue weighted by molar-refractivity contribution is 5.88. The van der Waals surface area contributed by atoms with Crippen LogP contribution in [0.4, 0.5) is 0 Å². The third-order valence-electron chi connectivity index (χ3n) is 2.30. The van der Waals surface area contributed by atoms with Crippen molar-refractivity contribution in [2.45, 2.75) is 33.6 Å². The van der Waals surface area contributed by atoms with E-state index in [0.29, 0.717) is 19.5 Å². The van der Waals surface area contributed by atoms with E-state index in [4.69, 9.17) is 5.11 Å². The average Bonchev–Trinajstić information content (AvgIpc) is 2.26. The molecule has 0 atom stereocenters. The van der Waals surface area contributed by atoms with E-state index >= 15 is 0 Å². The molecule has 0 heterocycles. The van der Waals surface area contributed by atoms with Crippen molar-refractivity contribution in [3.63, 3.8) is 0 Å². The summed E-state index contributed by atoms with van der Waals surface area (Å²) >= 11 is 0. The second kappa shape index (κ2) is 9.13. The van der Waals surface area contributed by atoms with E-state index in [-0.39, 0.29) is 24.8 Å². The molecular weight excluding hydrogens is 248 g/mol. The highest BCUT2D eigenvalue weighted by Gasteiger charge is 2.12. The molecule has 0 aliphatic heterocycles. The zero-order chi connectivity index (χ0) is 14.8. The molecule has 0 aromatic heterocycles. The van der Waals surface area contributed by atoms with Gasteiger partial charge in [-0.1, -0.05) is 5.57 Å². The van der Waals surface area contributed by atoms with Crippen LogP contribution in [0.15, 0.2) is 11.6 Å². The van der Waals surface area contributed by atoms with Crippen molar-refractivity contribution in [2.24, 2.45) is 0 Å². The normalized spacial score (nSPS) is 9.63. The minimum atomic E-state index is -0.933. The summed E-state index contributed by atoms with van der Waals surface area (Å²) in [4.78, 5) is 34.6. The second-order valence-corrected chi connectivity index (χ2v) is 4.53. The van der Waals surface area contributed by atoms with Crippen LogP contribution in [0.3, 0.4) is 0 Å². The monoisotopic (exact) mass is 270 g/mol. The minimum Gasteiger partial charge on any atom is -0.481 e. The molecule has 0 radical (unpaired) electrons. The van der Waals surface area contributed by atoms with Crippen molar-refractivity contribution < 1.29 is 19.5 Å². The molecule has 0 unspecified atom stereocenters. The second-order valence-electron chi connectivity index (χ2n) is 4.53. The van der Waals surface area contributed by atoms with E-state index in [1.807, 2.05) is 13.8 Å². The lowest BCUT2D eigenvalue weighted by molar-refractivity contribution is -0.138. The Morgan fingerprint density at radius 3 is 2.26 bits per heavy atom. The van der Waals surface area contributed by atoms with Gasteiger partial charge >= 0.3 is 5.97 Å². The number of hydrogen-bond donors (Lipinski definition) is 2. The lowest BCUT2D eigenvalue weighted by atomic mass is 10.2. The zero-order valence-corrected chi connectivity index (χ0v) is 11.7. The molecule has 0 spiro atoms. The van der Waals surface area contributed by atoms with Crippen molar-refractivity contribution in [3.8, 4) is 0 Å². The third-order valence-corrected chi connectivity index (χ3v) is 2.30. The van der Waals surface area contributed by atoms with Gasteiger partial charge in [0.1, 0.15) is 0 Å². The molecule has 0 fully saturated rings. The molecule has 0 aliphatic rings. The quantitative estimate of drug-likeness (QED) is 0.504. The van der Waals surface area contributed by atoms with Gasteiger partial charge in [0.15, 0.2) is 0 Å². The Morgan fingerprint density at radius 1 is 1.16 bits per heavy atom. The van der Waals surface area contributed by atoms with Gasteiger partial charge in [0, 0.05) is 32.6 Å². The molecule has 0 saturated carbocycles. The average molecular weight is 270 g/mol. The number of amides is 2. The van der Waals surface area contributed by atoms with Gasteiger partial charge in [-0.2, -0.15) is 0 Å². The SMILES string of the molecule is CC(=O)NCCCN(CCC(=O)O)C(=O)C=C(C)C.